The Labute approximate surface area is 103 Å². The van der Waals surface area contributed by atoms with E-state index in [0.29, 0.717) is 19.8 Å². The van der Waals surface area contributed by atoms with E-state index in [1.165, 1.54) is 0 Å². The van der Waals surface area contributed by atoms with Crippen molar-refractivity contribution in [1.29, 1.82) is 0 Å². The van der Waals surface area contributed by atoms with Crippen LogP contribution in [0.4, 0.5) is 13.2 Å². The van der Waals surface area contributed by atoms with Crippen molar-refractivity contribution >= 4 is 16.0 Å². The van der Waals surface area contributed by atoms with Crippen LogP contribution >= 0.6 is 0 Å². The normalized spacial score (nSPS) is 16.3. The van der Waals surface area contributed by atoms with Crippen LogP contribution in [0.5, 0.6) is 0 Å². The third-order valence-corrected chi connectivity index (χ3v) is 4.19. The lowest BCUT2D eigenvalue weighted by Crippen LogP contribution is -2.48. The Hall–Kier alpha value is -0.830. The number of nitrogens with one attached hydrogen (secondary N) is 1. The summed E-state index contributed by atoms with van der Waals surface area (Å²) >= 11 is 0. The van der Waals surface area contributed by atoms with Gasteiger partial charge in [0.25, 0.3) is 0 Å². The van der Waals surface area contributed by atoms with Gasteiger partial charge in [0.05, 0.1) is 0 Å². The topological polar surface area (TPSA) is 83.5 Å². The van der Waals surface area contributed by atoms with Gasteiger partial charge in [0, 0.05) is 0 Å². The van der Waals surface area contributed by atoms with Crippen LogP contribution in [-0.2, 0) is 14.8 Å². The van der Waals surface area contributed by atoms with E-state index in [9.17, 15) is 26.4 Å². The number of unbranched alkanes of at least 4 members (excludes halogenated alkanes) is 1. The fourth-order valence-electron chi connectivity index (χ4n) is 1.12. The van der Waals surface area contributed by atoms with Crippen molar-refractivity contribution in [3.05, 3.63) is 0 Å². The third-order valence-electron chi connectivity index (χ3n) is 2.38. The quantitative estimate of drug-likeness (QED) is 0.744. The maximum atomic E-state index is 12.3. The first kappa shape index (κ1) is 17.2. The lowest BCUT2D eigenvalue weighted by molar-refractivity contribution is -0.139. The van der Waals surface area contributed by atoms with Gasteiger partial charge in [-0.15, -0.1) is 0 Å². The van der Waals surface area contributed by atoms with Gasteiger partial charge in [-0.2, -0.15) is 13.2 Å². The molecule has 0 rings (SSSR count). The molecule has 0 aromatic rings. The summed E-state index contributed by atoms with van der Waals surface area (Å²) in [5, 5.41) is 6.09. The molecule has 2 atom stereocenters. The zero-order valence-electron chi connectivity index (χ0n) is 9.99. The Morgan fingerprint density at radius 3 is 2.22 bits per heavy atom. The predicted molar refractivity (Wildman–Crippen MR) is 58.5 cm³/mol. The summed E-state index contributed by atoms with van der Waals surface area (Å²) in [5.41, 5.74) is 0. The number of aliphatic carboxylic acids is 1. The standard InChI is InChI=1S/C9H16F3NO4S/c1-3-4-5-7(8(14)15)13-18(16,17)6(2)9(10,11)12/h6-7,13H,3-5H2,1-2H3,(H,14,15). The first-order valence-electron chi connectivity index (χ1n) is 5.33. The smallest absolute Gasteiger partial charge is 0.406 e. The first-order valence-corrected chi connectivity index (χ1v) is 6.87. The van der Waals surface area contributed by atoms with Crippen molar-refractivity contribution in [2.24, 2.45) is 0 Å². The Balaban J connectivity index is 4.87. The van der Waals surface area contributed by atoms with Gasteiger partial charge in [0.1, 0.15) is 6.04 Å². The molecule has 0 amide bonds. The highest BCUT2D eigenvalue weighted by Gasteiger charge is 2.46. The summed E-state index contributed by atoms with van der Waals surface area (Å²) in [4.78, 5) is 10.7. The molecule has 9 heteroatoms. The second-order valence-corrected chi connectivity index (χ2v) is 5.91. The van der Waals surface area contributed by atoms with Gasteiger partial charge in [-0.05, 0) is 13.3 Å². The van der Waals surface area contributed by atoms with Crippen molar-refractivity contribution < 1.29 is 31.5 Å². The number of rotatable bonds is 7. The molecule has 0 radical (unpaired) electrons. The SMILES string of the molecule is CCCCC(NS(=O)(=O)C(C)C(F)(F)F)C(=O)O. The van der Waals surface area contributed by atoms with Crippen LogP contribution in [0.1, 0.15) is 33.1 Å². The molecule has 0 aromatic carbocycles. The molecule has 0 bridgehead atoms. The minimum Gasteiger partial charge on any atom is -0.480 e. The lowest BCUT2D eigenvalue weighted by Gasteiger charge is -2.20. The van der Waals surface area contributed by atoms with Crippen molar-refractivity contribution in [2.45, 2.75) is 50.6 Å². The van der Waals surface area contributed by atoms with E-state index in [-0.39, 0.29) is 6.42 Å². The molecule has 2 unspecified atom stereocenters. The number of carboxylic acid groups (broad SMARTS) is 1. The minimum absolute atomic E-state index is 0.0460. The van der Waals surface area contributed by atoms with Gasteiger partial charge in [-0.25, -0.2) is 13.1 Å². The summed E-state index contributed by atoms with van der Waals surface area (Å²) in [5.74, 6) is -1.48. The van der Waals surface area contributed by atoms with E-state index in [1.54, 1.807) is 11.6 Å². The lowest BCUT2D eigenvalue weighted by atomic mass is 10.1. The predicted octanol–water partition coefficient (Wildman–Crippen LogP) is 1.50. The van der Waals surface area contributed by atoms with Crippen molar-refractivity contribution in [2.75, 3.05) is 0 Å². The molecule has 0 aliphatic rings. The average Bonchev–Trinajstić information content (AvgIpc) is 2.21. The largest absolute Gasteiger partial charge is 0.480 e. The molecular formula is C9H16F3NO4S. The second-order valence-electron chi connectivity index (χ2n) is 3.88. The summed E-state index contributed by atoms with van der Waals surface area (Å²) in [6, 6.07) is -1.53. The van der Waals surface area contributed by atoms with Gasteiger partial charge in [-0.3, -0.25) is 4.79 Å². The molecule has 0 saturated carbocycles. The van der Waals surface area contributed by atoms with Gasteiger partial charge in [0.2, 0.25) is 10.0 Å². The molecule has 2 N–H and O–H groups in total. The highest BCUT2D eigenvalue weighted by Crippen LogP contribution is 2.25. The van der Waals surface area contributed by atoms with E-state index in [0.717, 1.165) is 0 Å². The summed E-state index contributed by atoms with van der Waals surface area (Å²) < 4.78 is 61.2. The monoisotopic (exact) mass is 291 g/mol. The second kappa shape index (κ2) is 6.37. The average molecular weight is 291 g/mol. The number of hydrogen-bond donors (Lipinski definition) is 2. The number of hydrogen-bond acceptors (Lipinski definition) is 3. The van der Waals surface area contributed by atoms with E-state index in [4.69, 9.17) is 5.11 Å². The molecular weight excluding hydrogens is 275 g/mol. The molecule has 0 aromatic heterocycles. The highest BCUT2D eigenvalue weighted by molar-refractivity contribution is 7.90. The van der Waals surface area contributed by atoms with Crippen LogP contribution < -0.4 is 4.72 Å². The number of carboxylic acids is 1. The van der Waals surface area contributed by atoms with Gasteiger partial charge >= 0.3 is 12.1 Å². The molecule has 108 valence electrons. The van der Waals surface area contributed by atoms with Crippen LogP contribution in [0.3, 0.4) is 0 Å². The molecule has 0 aliphatic heterocycles. The zero-order valence-corrected chi connectivity index (χ0v) is 10.8. The van der Waals surface area contributed by atoms with Gasteiger partial charge in [0.15, 0.2) is 5.25 Å². The van der Waals surface area contributed by atoms with E-state index < -0.39 is 33.5 Å². The number of alkyl halides is 3. The van der Waals surface area contributed by atoms with Gasteiger partial charge < -0.3 is 5.11 Å². The Bertz CT molecular complexity index is 380. The third kappa shape index (κ3) is 5.21. The molecule has 5 nitrogen and oxygen atoms in total. The van der Waals surface area contributed by atoms with Crippen LogP contribution in [-0.4, -0.2) is 37.0 Å². The number of halogens is 3. The Morgan fingerprint density at radius 1 is 1.39 bits per heavy atom. The highest BCUT2D eigenvalue weighted by atomic mass is 32.2. The first-order chi connectivity index (χ1) is 8.02. The fourth-order valence-corrected chi connectivity index (χ4v) is 2.29. The molecule has 18 heavy (non-hydrogen) atoms. The van der Waals surface area contributed by atoms with Crippen LogP contribution in [0.25, 0.3) is 0 Å². The Kier molecular flexibility index (Phi) is 6.08. The van der Waals surface area contributed by atoms with E-state index >= 15 is 0 Å². The van der Waals surface area contributed by atoms with Crippen LogP contribution in [0.2, 0.25) is 0 Å². The van der Waals surface area contributed by atoms with Gasteiger partial charge in [-0.1, -0.05) is 19.8 Å². The van der Waals surface area contributed by atoms with Crippen molar-refractivity contribution in [3.63, 3.8) is 0 Å². The van der Waals surface area contributed by atoms with Crippen LogP contribution in [0, 0.1) is 0 Å². The molecule has 0 heterocycles. The number of sulfonamides is 1. The van der Waals surface area contributed by atoms with E-state index in [2.05, 4.69) is 0 Å². The van der Waals surface area contributed by atoms with Crippen LogP contribution in [0.15, 0.2) is 0 Å². The fraction of sp³-hybridized carbons (Fsp3) is 0.889. The molecule has 0 spiro atoms. The molecule has 0 saturated heterocycles. The molecule has 0 fully saturated rings. The maximum Gasteiger partial charge on any atom is 0.406 e. The zero-order chi connectivity index (χ0) is 14.6. The van der Waals surface area contributed by atoms with Crippen molar-refractivity contribution in [3.8, 4) is 0 Å². The van der Waals surface area contributed by atoms with Crippen molar-refractivity contribution in [1.82, 2.24) is 4.72 Å². The molecule has 0 aliphatic carbocycles. The van der Waals surface area contributed by atoms with E-state index in [1.807, 2.05) is 0 Å². The summed E-state index contributed by atoms with van der Waals surface area (Å²) in [7, 11) is -4.75. The Morgan fingerprint density at radius 2 is 1.89 bits per heavy atom. The minimum atomic E-state index is -4.93. The maximum absolute atomic E-state index is 12.3. The summed E-state index contributed by atoms with van der Waals surface area (Å²) in [6.07, 6.45) is -3.96. The summed E-state index contributed by atoms with van der Waals surface area (Å²) in [6.45, 7) is 2.23. The number of carbonyl (C=O) groups is 1.